The van der Waals surface area contributed by atoms with Crippen LogP contribution in [0.15, 0.2) is 0 Å². The van der Waals surface area contributed by atoms with Crippen molar-refractivity contribution < 1.29 is 9.53 Å². The van der Waals surface area contributed by atoms with Gasteiger partial charge in [-0.1, -0.05) is 0 Å². The Balaban J connectivity index is 2.15. The predicted octanol–water partition coefficient (Wildman–Crippen LogP) is 0.799. The summed E-state index contributed by atoms with van der Waals surface area (Å²) in [6, 6.07) is 0. The summed E-state index contributed by atoms with van der Waals surface area (Å²) in [4.78, 5) is 11.5. The molecule has 0 radical (unpaired) electrons. The molecule has 1 fully saturated rings. The molecule has 0 aromatic heterocycles. The molecule has 0 aromatic rings. The van der Waals surface area contributed by atoms with Gasteiger partial charge < -0.3 is 15.8 Å². The Morgan fingerprint density at radius 2 is 2.27 bits per heavy atom. The molecular formula is C11H22N2O2. The SMILES string of the molecule is CC(C)(N)CC(=O)NCC1CCCCO1. The van der Waals surface area contributed by atoms with E-state index in [0.717, 1.165) is 19.4 Å². The van der Waals surface area contributed by atoms with Gasteiger partial charge in [-0.05, 0) is 33.1 Å². The van der Waals surface area contributed by atoms with Gasteiger partial charge in [-0.15, -0.1) is 0 Å². The lowest BCUT2D eigenvalue weighted by Gasteiger charge is -2.24. The molecule has 1 heterocycles. The molecule has 1 amide bonds. The fourth-order valence-electron chi connectivity index (χ4n) is 1.67. The van der Waals surface area contributed by atoms with Crippen molar-refractivity contribution in [1.82, 2.24) is 5.32 Å². The van der Waals surface area contributed by atoms with Crippen molar-refractivity contribution >= 4 is 5.91 Å². The standard InChI is InChI=1S/C11H22N2O2/c1-11(2,12)7-10(14)13-8-9-5-3-4-6-15-9/h9H,3-8,12H2,1-2H3,(H,13,14). The van der Waals surface area contributed by atoms with E-state index in [1.807, 2.05) is 13.8 Å². The lowest BCUT2D eigenvalue weighted by atomic mass is 10.0. The first-order valence-corrected chi connectivity index (χ1v) is 5.64. The summed E-state index contributed by atoms with van der Waals surface area (Å²) < 4.78 is 5.51. The molecule has 1 rings (SSSR count). The van der Waals surface area contributed by atoms with Gasteiger partial charge in [-0.2, -0.15) is 0 Å². The number of ether oxygens (including phenoxy) is 1. The fraction of sp³-hybridized carbons (Fsp3) is 0.909. The van der Waals surface area contributed by atoms with Crippen molar-refractivity contribution in [3.05, 3.63) is 0 Å². The van der Waals surface area contributed by atoms with Crippen LogP contribution in [0.4, 0.5) is 0 Å². The molecule has 1 unspecified atom stereocenters. The molecule has 0 aliphatic carbocycles. The molecule has 3 N–H and O–H groups in total. The molecular weight excluding hydrogens is 192 g/mol. The van der Waals surface area contributed by atoms with Gasteiger partial charge in [0.05, 0.1) is 6.10 Å². The molecule has 0 spiro atoms. The number of carbonyl (C=O) groups excluding carboxylic acids is 1. The Morgan fingerprint density at radius 3 is 2.80 bits per heavy atom. The third kappa shape index (κ3) is 5.74. The van der Waals surface area contributed by atoms with Gasteiger partial charge in [0.25, 0.3) is 0 Å². The van der Waals surface area contributed by atoms with Gasteiger partial charge in [-0.25, -0.2) is 0 Å². The number of hydrogen-bond donors (Lipinski definition) is 2. The van der Waals surface area contributed by atoms with Gasteiger partial charge in [0, 0.05) is 25.1 Å². The van der Waals surface area contributed by atoms with Crippen LogP contribution in [0, 0.1) is 0 Å². The molecule has 4 heteroatoms. The second-order valence-electron chi connectivity index (χ2n) is 4.96. The third-order valence-electron chi connectivity index (χ3n) is 2.42. The van der Waals surface area contributed by atoms with E-state index in [-0.39, 0.29) is 12.0 Å². The summed E-state index contributed by atoms with van der Waals surface area (Å²) in [6.45, 7) is 5.14. The highest BCUT2D eigenvalue weighted by molar-refractivity contribution is 5.77. The average molecular weight is 214 g/mol. The molecule has 0 saturated carbocycles. The monoisotopic (exact) mass is 214 g/mol. The van der Waals surface area contributed by atoms with Gasteiger partial charge >= 0.3 is 0 Å². The van der Waals surface area contributed by atoms with Crippen molar-refractivity contribution in [3.63, 3.8) is 0 Å². The lowest BCUT2D eigenvalue weighted by molar-refractivity contribution is -0.122. The number of amides is 1. The van der Waals surface area contributed by atoms with Crippen LogP contribution in [0.25, 0.3) is 0 Å². The lowest BCUT2D eigenvalue weighted by Crippen LogP contribution is -2.42. The van der Waals surface area contributed by atoms with E-state index in [1.165, 1.54) is 6.42 Å². The van der Waals surface area contributed by atoms with Gasteiger partial charge in [0.15, 0.2) is 0 Å². The summed E-state index contributed by atoms with van der Waals surface area (Å²) in [5.74, 6) is 0.0108. The maximum atomic E-state index is 11.5. The minimum absolute atomic E-state index is 0.0108. The van der Waals surface area contributed by atoms with Gasteiger partial charge in [-0.3, -0.25) is 4.79 Å². The van der Waals surface area contributed by atoms with Crippen molar-refractivity contribution in [2.45, 2.75) is 51.2 Å². The highest BCUT2D eigenvalue weighted by Crippen LogP contribution is 2.11. The molecule has 1 aliphatic heterocycles. The van der Waals surface area contributed by atoms with Crippen LogP contribution in [-0.4, -0.2) is 30.7 Å². The van der Waals surface area contributed by atoms with E-state index >= 15 is 0 Å². The topological polar surface area (TPSA) is 64.4 Å². The summed E-state index contributed by atoms with van der Waals surface area (Å²) in [7, 11) is 0. The van der Waals surface area contributed by atoms with Crippen LogP contribution >= 0.6 is 0 Å². The first kappa shape index (κ1) is 12.5. The Morgan fingerprint density at radius 1 is 1.53 bits per heavy atom. The van der Waals surface area contributed by atoms with Crippen LogP contribution in [0.2, 0.25) is 0 Å². The molecule has 15 heavy (non-hydrogen) atoms. The Hall–Kier alpha value is -0.610. The molecule has 1 aliphatic rings. The van der Waals surface area contributed by atoms with Crippen LogP contribution < -0.4 is 11.1 Å². The first-order valence-electron chi connectivity index (χ1n) is 5.64. The van der Waals surface area contributed by atoms with Crippen molar-refractivity contribution in [3.8, 4) is 0 Å². The van der Waals surface area contributed by atoms with Crippen molar-refractivity contribution in [1.29, 1.82) is 0 Å². The summed E-state index contributed by atoms with van der Waals surface area (Å²) >= 11 is 0. The highest BCUT2D eigenvalue weighted by Gasteiger charge is 2.18. The average Bonchev–Trinajstić information content (AvgIpc) is 2.14. The van der Waals surface area contributed by atoms with Crippen LogP contribution in [0.3, 0.4) is 0 Å². The van der Waals surface area contributed by atoms with Crippen LogP contribution in [0.5, 0.6) is 0 Å². The van der Waals surface area contributed by atoms with E-state index < -0.39 is 5.54 Å². The van der Waals surface area contributed by atoms with Crippen molar-refractivity contribution in [2.24, 2.45) is 5.73 Å². The zero-order valence-electron chi connectivity index (χ0n) is 9.71. The summed E-state index contributed by atoms with van der Waals surface area (Å²) in [5.41, 5.74) is 5.32. The predicted molar refractivity (Wildman–Crippen MR) is 59.5 cm³/mol. The fourth-order valence-corrected chi connectivity index (χ4v) is 1.67. The molecule has 0 aromatic carbocycles. The number of nitrogens with one attached hydrogen (secondary N) is 1. The van der Waals surface area contributed by atoms with E-state index in [4.69, 9.17) is 10.5 Å². The van der Waals surface area contributed by atoms with E-state index in [9.17, 15) is 4.79 Å². The zero-order valence-corrected chi connectivity index (χ0v) is 9.71. The molecule has 1 atom stereocenters. The third-order valence-corrected chi connectivity index (χ3v) is 2.42. The second-order valence-corrected chi connectivity index (χ2v) is 4.96. The minimum atomic E-state index is -0.433. The quantitative estimate of drug-likeness (QED) is 0.727. The molecule has 4 nitrogen and oxygen atoms in total. The van der Waals surface area contributed by atoms with E-state index in [0.29, 0.717) is 13.0 Å². The first-order chi connectivity index (χ1) is 6.97. The van der Waals surface area contributed by atoms with Crippen LogP contribution in [0.1, 0.15) is 39.5 Å². The molecule has 88 valence electrons. The smallest absolute Gasteiger partial charge is 0.221 e. The Bertz CT molecular complexity index is 205. The van der Waals surface area contributed by atoms with Crippen molar-refractivity contribution in [2.75, 3.05) is 13.2 Å². The second kappa shape index (κ2) is 5.47. The van der Waals surface area contributed by atoms with E-state index in [2.05, 4.69) is 5.32 Å². The highest BCUT2D eigenvalue weighted by atomic mass is 16.5. The van der Waals surface area contributed by atoms with Gasteiger partial charge in [0.1, 0.15) is 0 Å². The Labute approximate surface area is 91.5 Å². The molecule has 1 saturated heterocycles. The largest absolute Gasteiger partial charge is 0.376 e. The number of hydrogen-bond acceptors (Lipinski definition) is 3. The number of carbonyl (C=O) groups is 1. The van der Waals surface area contributed by atoms with Gasteiger partial charge in [0.2, 0.25) is 5.91 Å². The number of rotatable bonds is 4. The maximum Gasteiger partial charge on any atom is 0.221 e. The zero-order chi connectivity index (χ0) is 11.3. The van der Waals surface area contributed by atoms with E-state index in [1.54, 1.807) is 0 Å². The minimum Gasteiger partial charge on any atom is -0.376 e. The summed E-state index contributed by atoms with van der Waals surface area (Å²) in [5, 5.41) is 2.86. The van der Waals surface area contributed by atoms with Crippen LogP contribution in [-0.2, 0) is 9.53 Å². The maximum absolute atomic E-state index is 11.5. The molecule has 0 bridgehead atoms. The Kier molecular flexibility index (Phi) is 4.54. The summed E-state index contributed by atoms with van der Waals surface area (Å²) in [6.07, 6.45) is 3.94. The number of nitrogens with two attached hydrogens (primary N) is 1. The normalized spacial score (nSPS) is 22.5.